The SMILES string of the molecule is CCOC(=O)[C@@H](CC)Oc1cccc(Cn2c(C)c(C(=O)c3ccc(Cl)cc3)c3cc(OC(F)(F)F)ccc32)c1. The summed E-state index contributed by atoms with van der Waals surface area (Å²) in [5.74, 6) is -0.781. The van der Waals surface area contributed by atoms with Crippen LogP contribution in [0, 0.1) is 6.92 Å². The van der Waals surface area contributed by atoms with Gasteiger partial charge in [0.15, 0.2) is 11.9 Å². The minimum absolute atomic E-state index is 0.242. The smallest absolute Gasteiger partial charge is 0.479 e. The highest BCUT2D eigenvalue weighted by molar-refractivity contribution is 6.30. The van der Waals surface area contributed by atoms with E-state index in [-0.39, 0.29) is 24.5 Å². The van der Waals surface area contributed by atoms with Crippen LogP contribution in [-0.2, 0) is 16.1 Å². The summed E-state index contributed by atoms with van der Waals surface area (Å²) in [6.07, 6.45) is -5.23. The van der Waals surface area contributed by atoms with Gasteiger partial charge in [-0.1, -0.05) is 30.7 Å². The highest BCUT2D eigenvalue weighted by atomic mass is 35.5. The summed E-state index contributed by atoms with van der Waals surface area (Å²) < 4.78 is 55.9. The van der Waals surface area contributed by atoms with E-state index >= 15 is 0 Å². The number of halogens is 4. The maximum Gasteiger partial charge on any atom is 0.573 e. The number of ether oxygens (including phenoxy) is 3. The number of ketones is 1. The maximum atomic E-state index is 13.6. The van der Waals surface area contributed by atoms with E-state index in [0.29, 0.717) is 39.4 Å². The third-order valence-corrected chi connectivity index (χ3v) is 6.55. The van der Waals surface area contributed by atoms with E-state index in [2.05, 4.69) is 4.74 Å². The average Bonchev–Trinajstić information content (AvgIpc) is 3.16. The zero-order valence-corrected chi connectivity index (χ0v) is 22.8. The number of alkyl halides is 3. The molecule has 0 aliphatic heterocycles. The van der Waals surface area contributed by atoms with Crippen molar-refractivity contribution in [2.24, 2.45) is 0 Å². The molecule has 0 bridgehead atoms. The highest BCUT2D eigenvalue weighted by Gasteiger charge is 2.32. The van der Waals surface area contributed by atoms with Crippen molar-refractivity contribution in [1.82, 2.24) is 4.57 Å². The van der Waals surface area contributed by atoms with Crippen LogP contribution < -0.4 is 9.47 Å². The van der Waals surface area contributed by atoms with E-state index in [1.165, 1.54) is 18.2 Å². The van der Waals surface area contributed by atoms with Crippen LogP contribution in [0.2, 0.25) is 5.02 Å². The molecule has 0 aliphatic rings. The van der Waals surface area contributed by atoms with E-state index < -0.39 is 24.2 Å². The minimum atomic E-state index is -4.88. The first-order valence-electron chi connectivity index (χ1n) is 12.6. The Morgan fingerprint density at radius 2 is 1.70 bits per heavy atom. The molecule has 10 heteroatoms. The summed E-state index contributed by atoms with van der Waals surface area (Å²) in [4.78, 5) is 25.8. The molecule has 0 saturated heterocycles. The normalized spacial score (nSPS) is 12.3. The van der Waals surface area contributed by atoms with Crippen LogP contribution in [0.25, 0.3) is 10.9 Å². The molecule has 40 heavy (non-hydrogen) atoms. The number of aromatic nitrogens is 1. The Morgan fingerprint density at radius 3 is 2.35 bits per heavy atom. The van der Waals surface area contributed by atoms with Gasteiger partial charge in [-0.3, -0.25) is 4.79 Å². The van der Waals surface area contributed by atoms with Crippen LogP contribution in [0.3, 0.4) is 0 Å². The second kappa shape index (κ2) is 12.0. The van der Waals surface area contributed by atoms with Gasteiger partial charge >= 0.3 is 12.3 Å². The molecule has 1 atom stereocenters. The van der Waals surface area contributed by atoms with Crippen LogP contribution in [0.1, 0.15) is 47.4 Å². The predicted molar refractivity (Wildman–Crippen MR) is 145 cm³/mol. The van der Waals surface area contributed by atoms with Crippen molar-refractivity contribution in [2.75, 3.05) is 6.61 Å². The molecule has 0 fully saturated rings. The molecule has 1 aromatic heterocycles. The van der Waals surface area contributed by atoms with Gasteiger partial charge in [-0.25, -0.2) is 4.79 Å². The first-order chi connectivity index (χ1) is 19.0. The second-order valence-electron chi connectivity index (χ2n) is 9.02. The number of carbonyl (C=O) groups excluding carboxylic acids is 2. The van der Waals surface area contributed by atoms with E-state index in [9.17, 15) is 22.8 Å². The molecule has 210 valence electrons. The standard InChI is InChI=1S/C30H27ClF3NO5/c1-4-26(29(37)38-5-2)39-22-8-6-7-19(15-22)17-35-18(3)27(28(36)20-9-11-21(31)12-10-20)24-16-23(13-14-25(24)35)40-30(32,33)34/h6-16,26H,4-5,17H2,1-3H3/t26-/m1/s1. The van der Waals surface area contributed by atoms with Crippen LogP contribution in [0.4, 0.5) is 13.2 Å². The van der Waals surface area contributed by atoms with E-state index in [1.54, 1.807) is 56.3 Å². The monoisotopic (exact) mass is 573 g/mol. The molecule has 4 rings (SSSR count). The Kier molecular flexibility index (Phi) is 8.73. The molecule has 0 amide bonds. The van der Waals surface area contributed by atoms with Gasteiger partial charge in [0.25, 0.3) is 0 Å². The molecule has 0 N–H and O–H groups in total. The fraction of sp³-hybridized carbons (Fsp3) is 0.267. The van der Waals surface area contributed by atoms with E-state index in [1.807, 2.05) is 17.6 Å². The lowest BCUT2D eigenvalue weighted by molar-refractivity contribution is -0.274. The Labute approximate surface area is 234 Å². The van der Waals surface area contributed by atoms with E-state index in [0.717, 1.165) is 5.56 Å². The Bertz CT molecular complexity index is 1530. The van der Waals surface area contributed by atoms with Gasteiger partial charge in [-0.05, 0) is 80.4 Å². The number of hydrogen-bond donors (Lipinski definition) is 0. The van der Waals surface area contributed by atoms with Crippen LogP contribution in [0.15, 0.2) is 66.7 Å². The molecule has 0 aliphatic carbocycles. The number of benzene rings is 3. The molecule has 3 aromatic carbocycles. The van der Waals surface area contributed by atoms with Crippen molar-refractivity contribution in [3.05, 3.63) is 94.1 Å². The lowest BCUT2D eigenvalue weighted by Crippen LogP contribution is -2.28. The summed E-state index contributed by atoms with van der Waals surface area (Å²) in [6.45, 7) is 5.80. The number of nitrogens with zero attached hydrogens (tertiary/aromatic N) is 1. The number of carbonyl (C=O) groups is 2. The van der Waals surface area contributed by atoms with Crippen molar-refractivity contribution in [1.29, 1.82) is 0 Å². The summed E-state index contributed by atoms with van der Waals surface area (Å²) in [6, 6.07) is 17.3. The van der Waals surface area contributed by atoms with Crippen molar-refractivity contribution in [3.8, 4) is 11.5 Å². The van der Waals surface area contributed by atoms with Gasteiger partial charge in [0.05, 0.1) is 12.2 Å². The summed E-state index contributed by atoms with van der Waals surface area (Å²) >= 11 is 5.98. The molecule has 4 aromatic rings. The van der Waals surface area contributed by atoms with Gasteiger partial charge in [0.1, 0.15) is 11.5 Å². The van der Waals surface area contributed by atoms with Crippen LogP contribution in [0.5, 0.6) is 11.5 Å². The summed E-state index contributed by atoms with van der Waals surface area (Å²) in [5, 5.41) is 0.770. The zero-order valence-electron chi connectivity index (χ0n) is 22.0. The fourth-order valence-electron chi connectivity index (χ4n) is 4.49. The fourth-order valence-corrected chi connectivity index (χ4v) is 4.62. The zero-order chi connectivity index (χ0) is 29.0. The largest absolute Gasteiger partial charge is 0.573 e. The second-order valence-corrected chi connectivity index (χ2v) is 9.46. The van der Waals surface area contributed by atoms with Gasteiger partial charge in [0, 0.05) is 33.7 Å². The average molecular weight is 574 g/mol. The summed E-state index contributed by atoms with van der Waals surface area (Å²) in [7, 11) is 0. The third kappa shape index (κ3) is 6.59. The van der Waals surface area contributed by atoms with Crippen molar-refractivity contribution >= 4 is 34.3 Å². The third-order valence-electron chi connectivity index (χ3n) is 6.30. The lowest BCUT2D eigenvalue weighted by atomic mass is 10.0. The van der Waals surface area contributed by atoms with Gasteiger partial charge < -0.3 is 18.8 Å². The van der Waals surface area contributed by atoms with Crippen molar-refractivity contribution in [3.63, 3.8) is 0 Å². The number of hydrogen-bond acceptors (Lipinski definition) is 5. The van der Waals surface area contributed by atoms with Crippen molar-refractivity contribution in [2.45, 2.75) is 46.2 Å². The Morgan fingerprint density at radius 1 is 0.975 bits per heavy atom. The van der Waals surface area contributed by atoms with Crippen LogP contribution >= 0.6 is 11.6 Å². The molecule has 0 saturated carbocycles. The molecular formula is C30H27ClF3NO5. The molecule has 6 nitrogen and oxygen atoms in total. The predicted octanol–water partition coefficient (Wildman–Crippen LogP) is 7.50. The summed E-state index contributed by atoms with van der Waals surface area (Å²) in [5.41, 5.74) is 2.49. The first kappa shape index (κ1) is 29.0. The Balaban J connectivity index is 1.75. The molecule has 1 heterocycles. The molecule has 0 unspecified atom stereocenters. The number of fused-ring (bicyclic) bond motifs is 1. The maximum absolute atomic E-state index is 13.6. The first-order valence-corrected chi connectivity index (χ1v) is 13.0. The molecule has 0 radical (unpaired) electrons. The Hall–Kier alpha value is -3.98. The van der Waals surface area contributed by atoms with Gasteiger partial charge in [-0.2, -0.15) is 0 Å². The van der Waals surface area contributed by atoms with Gasteiger partial charge in [0.2, 0.25) is 0 Å². The quantitative estimate of drug-likeness (QED) is 0.145. The number of esters is 1. The highest BCUT2D eigenvalue weighted by Crippen LogP contribution is 2.34. The number of rotatable bonds is 10. The minimum Gasteiger partial charge on any atom is -0.479 e. The van der Waals surface area contributed by atoms with E-state index in [4.69, 9.17) is 21.1 Å². The van der Waals surface area contributed by atoms with Crippen molar-refractivity contribution < 1.29 is 37.0 Å². The molecule has 0 spiro atoms. The van der Waals surface area contributed by atoms with Gasteiger partial charge in [-0.15, -0.1) is 13.2 Å². The molecular weight excluding hydrogens is 547 g/mol. The van der Waals surface area contributed by atoms with Crippen LogP contribution in [-0.4, -0.2) is 35.4 Å². The lowest BCUT2D eigenvalue weighted by Gasteiger charge is -2.17. The topological polar surface area (TPSA) is 66.8 Å².